The van der Waals surface area contributed by atoms with E-state index < -0.39 is 0 Å². The minimum atomic E-state index is 0. The van der Waals surface area contributed by atoms with Crippen molar-refractivity contribution in [2.24, 2.45) is 5.92 Å². The summed E-state index contributed by atoms with van der Waals surface area (Å²) in [6, 6.07) is 4.13. The lowest BCUT2D eigenvalue weighted by Crippen LogP contribution is -2.29. The molecular formula is C19H28ClN5O. The first-order valence-electron chi connectivity index (χ1n) is 9.63. The van der Waals surface area contributed by atoms with Crippen molar-refractivity contribution in [1.29, 1.82) is 0 Å². The van der Waals surface area contributed by atoms with Crippen LogP contribution in [0.15, 0.2) is 22.9 Å². The first-order valence-corrected chi connectivity index (χ1v) is 9.63. The number of piperidine rings is 1. The smallest absolute Gasteiger partial charge is 0.227 e. The molecule has 142 valence electrons. The van der Waals surface area contributed by atoms with E-state index in [0.29, 0.717) is 11.7 Å². The highest BCUT2D eigenvalue weighted by atomic mass is 35.5. The van der Waals surface area contributed by atoms with Crippen LogP contribution in [0.5, 0.6) is 0 Å². The van der Waals surface area contributed by atoms with Gasteiger partial charge in [0.05, 0.1) is 0 Å². The second kappa shape index (κ2) is 9.33. The number of nitrogens with one attached hydrogen (secondary N) is 1. The quantitative estimate of drug-likeness (QED) is 0.879. The zero-order chi connectivity index (χ0) is 16.9. The van der Waals surface area contributed by atoms with Crippen molar-refractivity contribution in [3.63, 3.8) is 0 Å². The van der Waals surface area contributed by atoms with Gasteiger partial charge in [0.25, 0.3) is 0 Å². The summed E-state index contributed by atoms with van der Waals surface area (Å²) >= 11 is 0. The predicted octanol–water partition coefficient (Wildman–Crippen LogP) is 3.48. The van der Waals surface area contributed by atoms with Crippen LogP contribution in [0.4, 0.5) is 5.82 Å². The summed E-state index contributed by atoms with van der Waals surface area (Å²) in [5.41, 5.74) is 0.929. The number of rotatable bonds is 4. The van der Waals surface area contributed by atoms with E-state index >= 15 is 0 Å². The molecule has 6 nitrogen and oxygen atoms in total. The summed E-state index contributed by atoms with van der Waals surface area (Å²) in [6.07, 6.45) is 10.2. The van der Waals surface area contributed by atoms with Crippen molar-refractivity contribution >= 4 is 18.2 Å². The van der Waals surface area contributed by atoms with Crippen LogP contribution in [-0.2, 0) is 6.42 Å². The van der Waals surface area contributed by atoms with Crippen LogP contribution in [-0.4, -0.2) is 41.3 Å². The van der Waals surface area contributed by atoms with Crippen LogP contribution in [0.1, 0.15) is 44.4 Å². The molecule has 2 aliphatic rings. The Hall–Kier alpha value is -1.66. The third-order valence-corrected chi connectivity index (χ3v) is 5.31. The van der Waals surface area contributed by atoms with Gasteiger partial charge in [-0.15, -0.1) is 12.4 Å². The van der Waals surface area contributed by atoms with Gasteiger partial charge in [0.15, 0.2) is 0 Å². The average molecular weight is 378 g/mol. The minimum absolute atomic E-state index is 0. The number of pyridine rings is 1. The highest BCUT2D eigenvalue weighted by molar-refractivity contribution is 5.85. The van der Waals surface area contributed by atoms with Crippen LogP contribution >= 0.6 is 12.4 Å². The van der Waals surface area contributed by atoms with Crippen molar-refractivity contribution < 1.29 is 4.52 Å². The molecule has 0 spiro atoms. The molecule has 1 N–H and O–H groups in total. The number of hydrogen-bond acceptors (Lipinski definition) is 6. The van der Waals surface area contributed by atoms with E-state index in [1.54, 1.807) is 0 Å². The van der Waals surface area contributed by atoms with E-state index in [1.165, 1.54) is 38.5 Å². The number of halogens is 1. The second-order valence-corrected chi connectivity index (χ2v) is 7.22. The van der Waals surface area contributed by atoms with Crippen LogP contribution in [0.2, 0.25) is 0 Å². The number of nitrogens with zero attached hydrogens (tertiary/aromatic N) is 4. The van der Waals surface area contributed by atoms with Gasteiger partial charge in [-0.1, -0.05) is 5.16 Å². The van der Waals surface area contributed by atoms with Gasteiger partial charge in [-0.3, -0.25) is 0 Å². The van der Waals surface area contributed by atoms with Gasteiger partial charge in [0.2, 0.25) is 11.7 Å². The lowest BCUT2D eigenvalue weighted by molar-refractivity contribution is 0.341. The van der Waals surface area contributed by atoms with Gasteiger partial charge in [0.1, 0.15) is 5.82 Å². The van der Waals surface area contributed by atoms with Crippen LogP contribution < -0.4 is 10.2 Å². The summed E-state index contributed by atoms with van der Waals surface area (Å²) < 4.78 is 5.49. The topological polar surface area (TPSA) is 67.1 Å². The number of aromatic nitrogens is 3. The molecule has 2 saturated heterocycles. The Morgan fingerprint density at radius 3 is 2.77 bits per heavy atom. The van der Waals surface area contributed by atoms with Crippen molar-refractivity contribution in [3.8, 4) is 11.4 Å². The lowest BCUT2D eigenvalue weighted by Gasteiger charge is -2.27. The maximum absolute atomic E-state index is 5.49. The van der Waals surface area contributed by atoms with Crippen molar-refractivity contribution in [2.75, 3.05) is 31.1 Å². The van der Waals surface area contributed by atoms with E-state index in [2.05, 4.69) is 37.5 Å². The molecule has 2 fully saturated rings. The van der Waals surface area contributed by atoms with Gasteiger partial charge >= 0.3 is 0 Å². The first-order chi connectivity index (χ1) is 12.4. The van der Waals surface area contributed by atoms with E-state index in [0.717, 1.165) is 49.9 Å². The molecule has 26 heavy (non-hydrogen) atoms. The molecule has 2 aromatic heterocycles. The molecule has 2 aliphatic heterocycles. The Morgan fingerprint density at radius 1 is 1.08 bits per heavy atom. The Labute approximate surface area is 161 Å². The van der Waals surface area contributed by atoms with Crippen LogP contribution in [0.3, 0.4) is 0 Å². The average Bonchev–Trinajstić information content (AvgIpc) is 2.98. The van der Waals surface area contributed by atoms with E-state index in [4.69, 9.17) is 4.52 Å². The number of hydrogen-bond donors (Lipinski definition) is 1. The Bertz CT molecular complexity index is 661. The highest BCUT2D eigenvalue weighted by Gasteiger charge is 2.18. The fraction of sp³-hybridized carbons (Fsp3) is 0.632. The second-order valence-electron chi connectivity index (χ2n) is 7.22. The molecular weight excluding hydrogens is 350 g/mol. The molecule has 1 unspecified atom stereocenters. The zero-order valence-corrected chi connectivity index (χ0v) is 16.0. The maximum atomic E-state index is 5.49. The molecule has 0 aromatic carbocycles. The summed E-state index contributed by atoms with van der Waals surface area (Å²) in [5, 5.41) is 7.61. The fourth-order valence-corrected chi connectivity index (χ4v) is 3.83. The van der Waals surface area contributed by atoms with E-state index in [-0.39, 0.29) is 12.4 Å². The minimum Gasteiger partial charge on any atom is -0.357 e. The standard InChI is InChI=1S/C19H27N5O.ClH/c1-2-11-24(12-3-1)17-7-6-16(14-21-17)19-22-18(25-23-19)13-15-5-4-9-20-10-8-15;/h6-7,14-15,20H,1-5,8-13H2;1H. The highest BCUT2D eigenvalue weighted by Crippen LogP contribution is 2.23. The molecule has 1 atom stereocenters. The molecule has 0 radical (unpaired) electrons. The Morgan fingerprint density at radius 2 is 1.96 bits per heavy atom. The summed E-state index contributed by atoms with van der Waals surface area (Å²) in [5.74, 6) is 3.10. The molecule has 4 heterocycles. The Kier molecular flexibility index (Phi) is 6.86. The van der Waals surface area contributed by atoms with E-state index in [1.807, 2.05) is 6.20 Å². The molecule has 0 saturated carbocycles. The monoisotopic (exact) mass is 377 g/mol. The normalized spacial score (nSPS) is 21.1. The van der Waals surface area contributed by atoms with Crippen LogP contribution in [0, 0.1) is 5.92 Å². The fourth-order valence-electron chi connectivity index (χ4n) is 3.83. The SMILES string of the molecule is Cl.c1cc(N2CCCCC2)ncc1-c1noc(CC2CCCNCC2)n1. The maximum Gasteiger partial charge on any atom is 0.227 e. The van der Waals surface area contributed by atoms with Crippen molar-refractivity contribution in [1.82, 2.24) is 20.4 Å². The molecule has 7 heteroatoms. The molecule has 0 aliphatic carbocycles. The lowest BCUT2D eigenvalue weighted by atomic mass is 9.97. The largest absolute Gasteiger partial charge is 0.357 e. The third kappa shape index (κ3) is 4.74. The molecule has 0 bridgehead atoms. The van der Waals surface area contributed by atoms with Gasteiger partial charge < -0.3 is 14.7 Å². The molecule has 2 aromatic rings. The van der Waals surface area contributed by atoms with Gasteiger partial charge in [-0.2, -0.15) is 4.98 Å². The predicted molar refractivity (Wildman–Crippen MR) is 105 cm³/mol. The third-order valence-electron chi connectivity index (χ3n) is 5.31. The first kappa shape index (κ1) is 19.1. The van der Waals surface area contributed by atoms with E-state index in [9.17, 15) is 0 Å². The summed E-state index contributed by atoms with van der Waals surface area (Å²) in [6.45, 7) is 4.43. The van der Waals surface area contributed by atoms with Crippen molar-refractivity contribution in [3.05, 3.63) is 24.2 Å². The summed E-state index contributed by atoms with van der Waals surface area (Å²) in [7, 11) is 0. The molecule has 0 amide bonds. The van der Waals surface area contributed by atoms with Crippen LogP contribution in [0.25, 0.3) is 11.4 Å². The zero-order valence-electron chi connectivity index (χ0n) is 15.2. The van der Waals surface area contributed by atoms with Gasteiger partial charge in [0, 0.05) is 31.3 Å². The molecule has 4 rings (SSSR count). The van der Waals surface area contributed by atoms with Gasteiger partial charge in [-0.05, 0) is 69.7 Å². The Balaban J connectivity index is 0.00000196. The summed E-state index contributed by atoms with van der Waals surface area (Å²) in [4.78, 5) is 11.6. The number of anilines is 1. The van der Waals surface area contributed by atoms with Gasteiger partial charge in [-0.25, -0.2) is 4.98 Å². The van der Waals surface area contributed by atoms with Crippen molar-refractivity contribution in [2.45, 2.75) is 44.9 Å².